The van der Waals surface area contributed by atoms with Gasteiger partial charge in [0.25, 0.3) is 5.91 Å². The Morgan fingerprint density at radius 2 is 1.97 bits per heavy atom. The number of aryl methyl sites for hydroxylation is 1. The van der Waals surface area contributed by atoms with Gasteiger partial charge in [-0.25, -0.2) is 0 Å². The number of halogens is 1. The van der Waals surface area contributed by atoms with Crippen molar-refractivity contribution in [3.63, 3.8) is 0 Å². The molecule has 174 valence electrons. The summed E-state index contributed by atoms with van der Waals surface area (Å²) < 4.78 is 1.06. The van der Waals surface area contributed by atoms with E-state index in [2.05, 4.69) is 51.2 Å². The second-order valence-corrected chi connectivity index (χ2v) is 12.4. The van der Waals surface area contributed by atoms with Crippen LogP contribution in [0.1, 0.15) is 85.7 Å². The number of thiophene rings is 1. The summed E-state index contributed by atoms with van der Waals surface area (Å²) in [7, 11) is 0. The first-order valence-corrected chi connectivity index (χ1v) is 13.5. The fraction of sp³-hybridized carbons (Fsp3) is 0.483. The molecule has 2 aliphatic carbocycles. The van der Waals surface area contributed by atoms with Crippen molar-refractivity contribution in [1.29, 1.82) is 0 Å². The predicted molar refractivity (Wildman–Crippen MR) is 141 cm³/mol. The molecule has 0 spiro atoms. The van der Waals surface area contributed by atoms with Gasteiger partial charge in [-0.3, -0.25) is 4.79 Å². The molecule has 3 aromatic rings. The van der Waals surface area contributed by atoms with Crippen molar-refractivity contribution in [2.45, 2.75) is 71.1 Å². The molecular weight excluding hydrogens is 446 g/mol. The summed E-state index contributed by atoms with van der Waals surface area (Å²) in [5.41, 5.74) is 4.79. The van der Waals surface area contributed by atoms with E-state index in [0.29, 0.717) is 28.3 Å². The van der Waals surface area contributed by atoms with Gasteiger partial charge in [0.1, 0.15) is 4.88 Å². The minimum Gasteiger partial charge on any atom is -0.351 e. The maximum atomic E-state index is 13.2. The number of benzene rings is 2. The van der Waals surface area contributed by atoms with Gasteiger partial charge in [-0.15, -0.1) is 11.3 Å². The Morgan fingerprint density at radius 3 is 2.73 bits per heavy atom. The third kappa shape index (κ3) is 3.82. The van der Waals surface area contributed by atoms with Crippen LogP contribution in [0.15, 0.2) is 42.5 Å². The molecule has 2 aromatic carbocycles. The van der Waals surface area contributed by atoms with Gasteiger partial charge in [-0.2, -0.15) is 0 Å². The van der Waals surface area contributed by atoms with Crippen LogP contribution in [0.25, 0.3) is 10.1 Å². The Bertz CT molecular complexity index is 1210. The zero-order valence-electron chi connectivity index (χ0n) is 20.1. The number of carbonyl (C=O) groups is 1. The first-order chi connectivity index (χ1) is 15.7. The average molecular weight is 480 g/mol. The normalized spacial score (nSPS) is 26.8. The van der Waals surface area contributed by atoms with E-state index < -0.39 is 0 Å². The van der Waals surface area contributed by atoms with Crippen molar-refractivity contribution in [2.75, 3.05) is 6.54 Å². The second kappa shape index (κ2) is 8.43. The third-order valence-corrected chi connectivity index (χ3v) is 10.2. The average Bonchev–Trinajstić information content (AvgIpc) is 3.14. The van der Waals surface area contributed by atoms with Gasteiger partial charge < -0.3 is 5.32 Å². The van der Waals surface area contributed by atoms with Crippen LogP contribution in [0.2, 0.25) is 5.02 Å². The molecule has 1 fully saturated rings. The summed E-state index contributed by atoms with van der Waals surface area (Å²) in [5.74, 6) is 1.07. The molecule has 1 saturated carbocycles. The van der Waals surface area contributed by atoms with Gasteiger partial charge in [-0.05, 0) is 71.1 Å². The number of carbonyl (C=O) groups excluding carboxylic acids is 1. The van der Waals surface area contributed by atoms with Gasteiger partial charge in [0.15, 0.2) is 0 Å². The number of hydrogen-bond donors (Lipinski definition) is 1. The zero-order chi connectivity index (χ0) is 23.4. The maximum absolute atomic E-state index is 13.2. The molecule has 5 rings (SSSR count). The highest BCUT2D eigenvalue weighted by Crippen LogP contribution is 2.57. The SMILES string of the molecule is CC(C)c1ccc2c(c1)[C@]1(C)CCC[C@](C)(CNC(=O)c3sc4ccccc4c3Cl)[C@H]1CC2. The van der Waals surface area contributed by atoms with Crippen molar-refractivity contribution >= 4 is 38.9 Å². The maximum Gasteiger partial charge on any atom is 0.262 e. The van der Waals surface area contributed by atoms with Crippen molar-refractivity contribution in [3.05, 3.63) is 69.1 Å². The Morgan fingerprint density at radius 1 is 1.18 bits per heavy atom. The molecule has 3 atom stereocenters. The van der Waals surface area contributed by atoms with E-state index in [9.17, 15) is 4.79 Å². The molecule has 2 nitrogen and oxygen atoms in total. The molecular formula is C29H34ClNOS. The van der Waals surface area contributed by atoms with E-state index in [0.717, 1.165) is 22.9 Å². The Kier molecular flexibility index (Phi) is 5.86. The van der Waals surface area contributed by atoms with E-state index >= 15 is 0 Å². The zero-order valence-corrected chi connectivity index (χ0v) is 21.7. The fourth-order valence-corrected chi connectivity index (χ4v) is 8.14. The second-order valence-electron chi connectivity index (χ2n) is 11.0. The van der Waals surface area contributed by atoms with Gasteiger partial charge in [0, 0.05) is 16.6 Å². The van der Waals surface area contributed by atoms with Crippen molar-refractivity contribution in [1.82, 2.24) is 5.32 Å². The van der Waals surface area contributed by atoms with Crippen LogP contribution in [0, 0.1) is 11.3 Å². The first-order valence-electron chi connectivity index (χ1n) is 12.3. The summed E-state index contributed by atoms with van der Waals surface area (Å²) in [4.78, 5) is 13.8. The number of hydrogen-bond acceptors (Lipinski definition) is 2. The molecule has 1 aromatic heterocycles. The predicted octanol–water partition coefficient (Wildman–Crippen LogP) is 8.12. The van der Waals surface area contributed by atoms with Crippen LogP contribution in [0.4, 0.5) is 0 Å². The van der Waals surface area contributed by atoms with Crippen LogP contribution in [0.5, 0.6) is 0 Å². The van der Waals surface area contributed by atoms with Crippen LogP contribution < -0.4 is 5.32 Å². The van der Waals surface area contributed by atoms with Crippen LogP contribution in [-0.4, -0.2) is 12.5 Å². The van der Waals surface area contributed by atoms with Crippen molar-refractivity contribution < 1.29 is 4.79 Å². The molecule has 0 unspecified atom stereocenters. The molecule has 33 heavy (non-hydrogen) atoms. The summed E-state index contributed by atoms with van der Waals surface area (Å²) >= 11 is 8.08. The summed E-state index contributed by atoms with van der Waals surface area (Å²) in [6, 6.07) is 15.2. The number of rotatable bonds is 4. The minimum absolute atomic E-state index is 0.0343. The number of fused-ring (bicyclic) bond motifs is 4. The van der Waals surface area contributed by atoms with Gasteiger partial charge in [0.2, 0.25) is 0 Å². The lowest BCUT2D eigenvalue weighted by Gasteiger charge is -2.55. The molecule has 2 aliphatic rings. The summed E-state index contributed by atoms with van der Waals surface area (Å²) in [5, 5.41) is 4.85. The Balaban J connectivity index is 1.40. The summed E-state index contributed by atoms with van der Waals surface area (Å²) in [6.07, 6.45) is 5.93. The molecule has 0 aliphatic heterocycles. The van der Waals surface area contributed by atoms with E-state index in [1.165, 1.54) is 41.7 Å². The molecule has 4 heteroatoms. The van der Waals surface area contributed by atoms with Crippen molar-refractivity contribution in [3.8, 4) is 0 Å². The van der Waals surface area contributed by atoms with E-state index in [-0.39, 0.29) is 16.7 Å². The smallest absolute Gasteiger partial charge is 0.262 e. The van der Waals surface area contributed by atoms with E-state index in [4.69, 9.17) is 11.6 Å². The van der Waals surface area contributed by atoms with E-state index in [1.54, 1.807) is 5.56 Å². The van der Waals surface area contributed by atoms with Crippen molar-refractivity contribution in [2.24, 2.45) is 11.3 Å². The standard InChI is InChI=1S/C29H34ClNOS/c1-18(2)20-11-10-19-12-13-24-28(3,14-7-15-29(24,4)22(19)16-20)17-31-27(32)26-25(30)21-8-5-6-9-23(21)33-26/h5-6,8-11,16,18,24H,7,12-15,17H2,1-4H3,(H,31,32)/t24-,28-,29+/m1/s1. The highest BCUT2D eigenvalue weighted by atomic mass is 35.5. The van der Waals surface area contributed by atoms with Crippen LogP contribution in [-0.2, 0) is 11.8 Å². The van der Waals surface area contributed by atoms with Crippen LogP contribution >= 0.6 is 22.9 Å². The molecule has 0 radical (unpaired) electrons. The monoisotopic (exact) mass is 479 g/mol. The molecule has 1 amide bonds. The highest BCUT2D eigenvalue weighted by Gasteiger charge is 2.51. The largest absolute Gasteiger partial charge is 0.351 e. The van der Waals surface area contributed by atoms with Gasteiger partial charge >= 0.3 is 0 Å². The fourth-order valence-electron chi connectivity index (χ4n) is 6.70. The lowest BCUT2D eigenvalue weighted by atomic mass is 9.49. The quantitative estimate of drug-likeness (QED) is 0.402. The molecule has 1 N–H and O–H groups in total. The summed E-state index contributed by atoms with van der Waals surface area (Å²) in [6.45, 7) is 10.2. The highest BCUT2D eigenvalue weighted by molar-refractivity contribution is 7.21. The topological polar surface area (TPSA) is 29.1 Å². The Hall–Kier alpha value is -1.84. The molecule has 0 saturated heterocycles. The third-order valence-electron chi connectivity index (χ3n) is 8.57. The Labute approximate surface area is 206 Å². The van der Waals surface area contributed by atoms with E-state index in [1.807, 2.05) is 24.3 Å². The molecule has 0 bridgehead atoms. The minimum atomic E-state index is -0.0343. The first kappa shape index (κ1) is 22.9. The van der Waals surface area contributed by atoms with Crippen LogP contribution in [0.3, 0.4) is 0 Å². The van der Waals surface area contributed by atoms with Gasteiger partial charge in [-0.1, -0.05) is 82.1 Å². The lowest BCUT2D eigenvalue weighted by Crippen LogP contribution is -2.53. The number of amides is 1. The lowest BCUT2D eigenvalue weighted by molar-refractivity contribution is 0.0254. The van der Waals surface area contributed by atoms with Gasteiger partial charge in [0.05, 0.1) is 5.02 Å². The molecule has 1 heterocycles. The number of nitrogens with one attached hydrogen (secondary N) is 1.